The van der Waals surface area contributed by atoms with Crippen LogP contribution < -0.4 is 5.32 Å². The third kappa shape index (κ3) is 4.08. The maximum Gasteiger partial charge on any atom is 0.317 e. The van der Waals surface area contributed by atoms with Crippen molar-refractivity contribution in [2.45, 2.75) is 44.2 Å². The molecule has 1 heterocycles. The summed E-state index contributed by atoms with van der Waals surface area (Å²) in [5, 5.41) is 11.8. The number of nitrogens with zero attached hydrogens (tertiary/aromatic N) is 1. The van der Waals surface area contributed by atoms with Crippen LogP contribution in [0.2, 0.25) is 0 Å². The monoisotopic (exact) mass is 272 g/mol. The van der Waals surface area contributed by atoms with Crippen molar-refractivity contribution in [3.8, 4) is 0 Å². The lowest BCUT2D eigenvalue weighted by Crippen LogP contribution is -2.47. The van der Waals surface area contributed by atoms with Crippen molar-refractivity contribution < 1.29 is 14.7 Å². The molecule has 0 bridgehead atoms. The Hall–Kier alpha value is -0.910. The first-order chi connectivity index (χ1) is 8.66. The van der Waals surface area contributed by atoms with E-state index in [0.717, 1.165) is 37.2 Å². The summed E-state index contributed by atoms with van der Waals surface area (Å²) in [5.74, 6) is 1.36. The SMILES string of the molecule is O=C(O)CCN(C(=O)NC1CCSCC1)C1CC1. The first-order valence-electron chi connectivity index (χ1n) is 6.53. The van der Waals surface area contributed by atoms with Gasteiger partial charge in [0.2, 0.25) is 0 Å². The molecule has 0 spiro atoms. The standard InChI is InChI=1S/C12H20N2O3S/c15-11(16)3-6-14(10-1-2-10)12(17)13-9-4-7-18-8-5-9/h9-10H,1-8H2,(H,13,17)(H,15,16). The second-order valence-electron chi connectivity index (χ2n) is 4.90. The zero-order chi connectivity index (χ0) is 13.0. The second-order valence-corrected chi connectivity index (χ2v) is 6.13. The fraction of sp³-hybridized carbons (Fsp3) is 0.833. The van der Waals surface area contributed by atoms with Gasteiger partial charge in [0.05, 0.1) is 6.42 Å². The van der Waals surface area contributed by atoms with Gasteiger partial charge in [-0.3, -0.25) is 4.79 Å². The molecule has 1 saturated heterocycles. The van der Waals surface area contributed by atoms with Gasteiger partial charge < -0.3 is 15.3 Å². The Kier molecular flexibility index (Phi) is 4.74. The third-order valence-electron chi connectivity index (χ3n) is 3.36. The molecule has 2 rings (SSSR count). The molecule has 6 heteroatoms. The number of hydrogen-bond donors (Lipinski definition) is 2. The fourth-order valence-corrected chi connectivity index (χ4v) is 3.26. The Balaban J connectivity index is 1.81. The van der Waals surface area contributed by atoms with Crippen molar-refractivity contribution in [2.24, 2.45) is 0 Å². The van der Waals surface area contributed by atoms with Gasteiger partial charge in [0.15, 0.2) is 0 Å². The van der Waals surface area contributed by atoms with Gasteiger partial charge in [-0.1, -0.05) is 0 Å². The van der Waals surface area contributed by atoms with Crippen molar-refractivity contribution in [3.63, 3.8) is 0 Å². The Morgan fingerprint density at radius 2 is 1.89 bits per heavy atom. The van der Waals surface area contributed by atoms with Crippen LogP contribution in [0.15, 0.2) is 0 Å². The summed E-state index contributed by atoms with van der Waals surface area (Å²) in [6.45, 7) is 0.327. The fourth-order valence-electron chi connectivity index (χ4n) is 2.15. The molecular weight excluding hydrogens is 252 g/mol. The van der Waals surface area contributed by atoms with Gasteiger partial charge in [-0.15, -0.1) is 0 Å². The maximum atomic E-state index is 12.1. The first kappa shape index (κ1) is 13.5. The molecule has 2 N–H and O–H groups in total. The minimum atomic E-state index is -0.845. The van der Waals surface area contributed by atoms with Crippen LogP contribution in [-0.4, -0.2) is 52.1 Å². The topological polar surface area (TPSA) is 69.6 Å². The minimum Gasteiger partial charge on any atom is -0.481 e. The van der Waals surface area contributed by atoms with Crippen molar-refractivity contribution in [1.29, 1.82) is 0 Å². The number of rotatable bonds is 5. The third-order valence-corrected chi connectivity index (χ3v) is 4.41. The summed E-state index contributed by atoms with van der Waals surface area (Å²) in [6, 6.07) is 0.461. The van der Waals surface area contributed by atoms with Crippen LogP contribution in [-0.2, 0) is 4.79 Å². The van der Waals surface area contributed by atoms with Crippen LogP contribution in [0, 0.1) is 0 Å². The number of aliphatic carboxylic acids is 1. The van der Waals surface area contributed by atoms with E-state index in [4.69, 9.17) is 5.11 Å². The number of nitrogens with one attached hydrogen (secondary N) is 1. The number of urea groups is 1. The lowest BCUT2D eigenvalue weighted by atomic mass is 10.1. The first-order valence-corrected chi connectivity index (χ1v) is 7.69. The predicted octanol–water partition coefficient (Wildman–Crippen LogP) is 1.53. The summed E-state index contributed by atoms with van der Waals surface area (Å²) in [5.41, 5.74) is 0. The van der Waals surface area contributed by atoms with Gasteiger partial charge in [0.25, 0.3) is 0 Å². The molecule has 0 unspecified atom stereocenters. The highest BCUT2D eigenvalue weighted by Gasteiger charge is 2.33. The van der Waals surface area contributed by atoms with Crippen LogP contribution in [0.3, 0.4) is 0 Å². The largest absolute Gasteiger partial charge is 0.481 e. The van der Waals surface area contributed by atoms with E-state index in [2.05, 4.69) is 5.32 Å². The molecule has 0 aromatic rings. The smallest absolute Gasteiger partial charge is 0.317 e. The number of carboxylic acids is 1. The van der Waals surface area contributed by atoms with Crippen molar-refractivity contribution in [3.05, 3.63) is 0 Å². The van der Waals surface area contributed by atoms with Gasteiger partial charge in [0, 0.05) is 18.6 Å². The highest BCUT2D eigenvalue weighted by Crippen LogP contribution is 2.27. The number of carbonyl (C=O) groups is 2. The highest BCUT2D eigenvalue weighted by molar-refractivity contribution is 7.99. The maximum absolute atomic E-state index is 12.1. The molecule has 5 nitrogen and oxygen atoms in total. The molecule has 102 valence electrons. The van der Waals surface area contributed by atoms with Gasteiger partial charge in [0.1, 0.15) is 0 Å². The van der Waals surface area contributed by atoms with E-state index in [9.17, 15) is 9.59 Å². The summed E-state index contributed by atoms with van der Waals surface area (Å²) < 4.78 is 0. The van der Waals surface area contributed by atoms with E-state index in [-0.39, 0.29) is 24.5 Å². The zero-order valence-corrected chi connectivity index (χ0v) is 11.2. The van der Waals surface area contributed by atoms with Gasteiger partial charge in [-0.25, -0.2) is 4.79 Å². The van der Waals surface area contributed by atoms with Gasteiger partial charge in [-0.05, 0) is 37.2 Å². The quantitative estimate of drug-likeness (QED) is 0.796. The molecule has 0 aromatic heterocycles. The molecule has 0 radical (unpaired) electrons. The summed E-state index contributed by atoms with van der Waals surface area (Å²) in [4.78, 5) is 24.4. The Labute approximate surface area is 111 Å². The number of carbonyl (C=O) groups excluding carboxylic acids is 1. The lowest BCUT2D eigenvalue weighted by Gasteiger charge is -2.28. The number of hydrogen-bond acceptors (Lipinski definition) is 3. The highest BCUT2D eigenvalue weighted by atomic mass is 32.2. The second kappa shape index (κ2) is 6.31. The average molecular weight is 272 g/mol. The molecule has 1 aliphatic heterocycles. The minimum absolute atomic E-state index is 0.0322. The van der Waals surface area contributed by atoms with Crippen LogP contribution in [0.1, 0.15) is 32.1 Å². The molecular formula is C12H20N2O3S. The number of thioether (sulfide) groups is 1. The average Bonchev–Trinajstić information content (AvgIpc) is 3.14. The number of carboxylic acid groups (broad SMARTS) is 1. The predicted molar refractivity (Wildman–Crippen MR) is 70.9 cm³/mol. The molecule has 2 aliphatic rings. The van der Waals surface area contributed by atoms with Crippen molar-refractivity contribution >= 4 is 23.8 Å². The van der Waals surface area contributed by atoms with Crippen molar-refractivity contribution in [2.75, 3.05) is 18.1 Å². The normalized spacial score (nSPS) is 20.4. The lowest BCUT2D eigenvalue weighted by molar-refractivity contribution is -0.137. The molecule has 18 heavy (non-hydrogen) atoms. The van der Waals surface area contributed by atoms with Crippen LogP contribution in [0.4, 0.5) is 4.79 Å². The van der Waals surface area contributed by atoms with E-state index in [1.807, 2.05) is 11.8 Å². The number of amides is 2. The van der Waals surface area contributed by atoms with E-state index in [0.29, 0.717) is 6.54 Å². The van der Waals surface area contributed by atoms with Crippen LogP contribution >= 0.6 is 11.8 Å². The summed E-state index contributed by atoms with van der Waals surface area (Å²) in [7, 11) is 0. The summed E-state index contributed by atoms with van der Waals surface area (Å²) in [6.07, 6.45) is 4.09. The van der Waals surface area contributed by atoms with E-state index in [1.54, 1.807) is 4.90 Å². The van der Waals surface area contributed by atoms with Crippen molar-refractivity contribution in [1.82, 2.24) is 10.2 Å². The molecule has 1 aliphatic carbocycles. The zero-order valence-electron chi connectivity index (χ0n) is 10.4. The van der Waals surface area contributed by atoms with Gasteiger partial charge in [-0.2, -0.15) is 11.8 Å². The molecule has 1 saturated carbocycles. The Morgan fingerprint density at radius 3 is 2.44 bits per heavy atom. The summed E-state index contributed by atoms with van der Waals surface area (Å²) >= 11 is 1.92. The van der Waals surface area contributed by atoms with Crippen LogP contribution in [0.5, 0.6) is 0 Å². The van der Waals surface area contributed by atoms with E-state index >= 15 is 0 Å². The Bertz CT molecular complexity index is 314. The Morgan fingerprint density at radius 1 is 1.22 bits per heavy atom. The molecule has 0 atom stereocenters. The molecule has 2 amide bonds. The van der Waals surface area contributed by atoms with E-state index < -0.39 is 5.97 Å². The van der Waals surface area contributed by atoms with E-state index in [1.165, 1.54) is 0 Å². The van der Waals surface area contributed by atoms with Gasteiger partial charge >= 0.3 is 12.0 Å². The molecule has 0 aromatic carbocycles. The molecule has 2 fully saturated rings. The van der Waals surface area contributed by atoms with Crippen LogP contribution in [0.25, 0.3) is 0 Å².